The first-order valence-corrected chi connectivity index (χ1v) is 18.2. The van der Waals surface area contributed by atoms with E-state index in [4.69, 9.17) is 37.7 Å². The predicted octanol–water partition coefficient (Wildman–Crippen LogP) is 5.15. The second-order valence-corrected chi connectivity index (χ2v) is 13.9. The monoisotopic (exact) mass is 755 g/mol. The highest BCUT2D eigenvalue weighted by Gasteiger charge is 2.23. The maximum absolute atomic E-state index is 13.3. The molecule has 0 spiro atoms. The molecule has 14 heteroatoms. The van der Waals surface area contributed by atoms with Crippen LogP contribution in [-0.2, 0) is 22.7 Å². The molecule has 2 aliphatic rings. The minimum Gasteiger partial charge on any atom is -0.497 e. The van der Waals surface area contributed by atoms with Crippen LogP contribution >= 0.6 is 23.2 Å². The van der Waals surface area contributed by atoms with Crippen molar-refractivity contribution in [3.63, 3.8) is 0 Å². The van der Waals surface area contributed by atoms with Crippen LogP contribution < -0.4 is 36.3 Å². The molecule has 12 nitrogen and oxygen atoms in total. The minimum atomic E-state index is -0.173. The van der Waals surface area contributed by atoms with Gasteiger partial charge in [-0.1, -0.05) is 47.5 Å². The number of carbonyl (C=O) groups excluding carboxylic acids is 2. The standard InChI is InChI=1S/C39H39Cl2N7O5/c1-52-27-15-30(37(41)31(16-27)32-9-6-23(38(47-32)53-2)17-42-20-25-7-10-34(49)45-25)29-5-3-4-28(36(29)40)22-12-13-48-33(14-22)44-19-24(39(48)51)18-43-21-26-8-11-35(50)46-26/h3-6,9,12-16,19,25-26,42-43H,7-8,10-11,17-18,20-21H2,1-2H3,(H,45,49)(H,46,50). The van der Waals surface area contributed by atoms with Crippen LogP contribution in [0.4, 0.5) is 0 Å². The number of hydrogen-bond donors (Lipinski definition) is 4. The molecule has 4 N–H and O–H groups in total. The van der Waals surface area contributed by atoms with Gasteiger partial charge in [-0.2, -0.15) is 0 Å². The Morgan fingerprint density at radius 3 is 2.11 bits per heavy atom. The molecule has 0 bridgehead atoms. The van der Waals surface area contributed by atoms with Gasteiger partial charge in [0.15, 0.2) is 0 Å². The SMILES string of the molecule is COc1cc(-c2ccc(CNCC3CCC(=O)N3)c(OC)n2)c(Cl)c(-c2cccc(-c3ccn4c(=O)c(CNCC5CCC(=O)N5)cnc4c3)c2Cl)c1. The third kappa shape index (κ3) is 7.86. The van der Waals surface area contributed by atoms with Gasteiger partial charge in [0.2, 0.25) is 17.7 Å². The topological polar surface area (TPSA) is 148 Å². The van der Waals surface area contributed by atoms with E-state index < -0.39 is 0 Å². The largest absolute Gasteiger partial charge is 0.497 e. The molecule has 2 amide bonds. The predicted molar refractivity (Wildman–Crippen MR) is 204 cm³/mol. The third-order valence-corrected chi connectivity index (χ3v) is 10.5. The number of nitrogens with one attached hydrogen (secondary N) is 4. The molecule has 274 valence electrons. The summed E-state index contributed by atoms with van der Waals surface area (Å²) in [5.41, 5.74) is 5.78. The summed E-state index contributed by atoms with van der Waals surface area (Å²) in [6, 6.07) is 17.0. The summed E-state index contributed by atoms with van der Waals surface area (Å²) in [5.74, 6) is 1.16. The highest BCUT2D eigenvalue weighted by atomic mass is 35.5. The second-order valence-electron chi connectivity index (χ2n) is 13.2. The van der Waals surface area contributed by atoms with E-state index in [0.717, 1.165) is 29.5 Å². The fourth-order valence-electron chi connectivity index (χ4n) is 6.82. The van der Waals surface area contributed by atoms with Crippen molar-refractivity contribution in [2.45, 2.75) is 50.9 Å². The molecule has 5 heterocycles. The lowest BCUT2D eigenvalue weighted by atomic mass is 9.96. The number of fused-ring (bicyclic) bond motifs is 1. The zero-order chi connectivity index (χ0) is 37.1. The minimum absolute atomic E-state index is 0.0558. The van der Waals surface area contributed by atoms with E-state index in [0.29, 0.717) is 94.3 Å². The van der Waals surface area contributed by atoms with Crippen molar-refractivity contribution in [3.8, 4) is 45.1 Å². The summed E-state index contributed by atoms with van der Waals surface area (Å²) in [6.45, 7) is 2.09. The van der Waals surface area contributed by atoms with Gasteiger partial charge in [-0.15, -0.1) is 0 Å². The Morgan fingerprint density at radius 1 is 0.792 bits per heavy atom. The van der Waals surface area contributed by atoms with Crippen molar-refractivity contribution in [3.05, 3.63) is 98.5 Å². The second kappa shape index (κ2) is 15.9. The first kappa shape index (κ1) is 36.4. The fraction of sp³-hybridized carbons (Fsp3) is 0.308. The molecule has 2 fully saturated rings. The number of benzene rings is 2. The number of carbonyl (C=O) groups is 2. The summed E-state index contributed by atoms with van der Waals surface area (Å²) in [4.78, 5) is 45.7. The van der Waals surface area contributed by atoms with Gasteiger partial charge >= 0.3 is 0 Å². The van der Waals surface area contributed by atoms with Gasteiger partial charge in [0, 0.05) is 96.9 Å². The van der Waals surface area contributed by atoms with E-state index in [1.54, 1.807) is 26.6 Å². The molecule has 7 rings (SSSR count). The van der Waals surface area contributed by atoms with Crippen LogP contribution in [0.5, 0.6) is 11.6 Å². The Hall–Kier alpha value is -5.01. The molecule has 2 saturated heterocycles. The van der Waals surface area contributed by atoms with Gasteiger partial charge in [-0.3, -0.25) is 18.8 Å². The number of hydrogen-bond acceptors (Lipinski definition) is 9. The zero-order valence-electron chi connectivity index (χ0n) is 29.3. The van der Waals surface area contributed by atoms with Crippen molar-refractivity contribution >= 4 is 40.7 Å². The number of amides is 2. The number of aromatic nitrogens is 3. The van der Waals surface area contributed by atoms with Crippen molar-refractivity contribution in [2.24, 2.45) is 0 Å². The van der Waals surface area contributed by atoms with E-state index >= 15 is 0 Å². The van der Waals surface area contributed by atoms with E-state index in [-0.39, 0.29) is 29.5 Å². The van der Waals surface area contributed by atoms with Gasteiger partial charge < -0.3 is 30.7 Å². The summed E-state index contributed by atoms with van der Waals surface area (Å²) < 4.78 is 12.9. The Balaban J connectivity index is 1.14. The van der Waals surface area contributed by atoms with Gasteiger partial charge in [0.05, 0.1) is 30.0 Å². The molecule has 5 aromatic rings. The van der Waals surface area contributed by atoms with Crippen LogP contribution in [0.2, 0.25) is 10.0 Å². The smallest absolute Gasteiger partial charge is 0.262 e. The molecule has 2 aliphatic heterocycles. The average Bonchev–Trinajstić information content (AvgIpc) is 3.79. The van der Waals surface area contributed by atoms with Gasteiger partial charge in [-0.25, -0.2) is 9.97 Å². The van der Waals surface area contributed by atoms with E-state index in [1.165, 1.54) is 4.40 Å². The molecule has 0 aliphatic carbocycles. The molecular formula is C39H39Cl2N7O5. The lowest BCUT2D eigenvalue weighted by Crippen LogP contribution is -2.36. The van der Waals surface area contributed by atoms with Crippen LogP contribution in [0.1, 0.15) is 36.8 Å². The summed E-state index contributed by atoms with van der Waals surface area (Å²) in [5, 5.41) is 13.4. The Labute approximate surface area is 316 Å². The molecule has 2 atom stereocenters. The molecule has 0 radical (unpaired) electrons. The Kier molecular flexibility index (Phi) is 10.9. The molecule has 53 heavy (non-hydrogen) atoms. The Bertz CT molecular complexity index is 2260. The highest BCUT2D eigenvalue weighted by Crippen LogP contribution is 2.44. The van der Waals surface area contributed by atoms with Crippen LogP contribution in [0.3, 0.4) is 0 Å². The summed E-state index contributed by atoms with van der Waals surface area (Å²) >= 11 is 14.3. The molecule has 2 unspecified atom stereocenters. The third-order valence-electron chi connectivity index (χ3n) is 9.65. The molecule has 2 aromatic carbocycles. The van der Waals surface area contributed by atoms with Crippen molar-refractivity contribution < 1.29 is 19.1 Å². The van der Waals surface area contributed by atoms with Crippen LogP contribution in [-0.4, -0.2) is 65.6 Å². The lowest BCUT2D eigenvalue weighted by molar-refractivity contribution is -0.120. The Morgan fingerprint density at radius 2 is 1.45 bits per heavy atom. The quantitative estimate of drug-likeness (QED) is 0.128. The normalized spacial score (nSPS) is 16.9. The number of ether oxygens (including phenoxy) is 2. The van der Waals surface area contributed by atoms with E-state index in [2.05, 4.69) is 26.3 Å². The molecule has 0 saturated carbocycles. The number of pyridine rings is 2. The number of methoxy groups -OCH3 is 2. The van der Waals surface area contributed by atoms with Gasteiger partial charge in [-0.05, 0) is 48.7 Å². The van der Waals surface area contributed by atoms with Gasteiger partial charge in [0.25, 0.3) is 5.56 Å². The average molecular weight is 757 g/mol. The van der Waals surface area contributed by atoms with E-state index in [1.807, 2.05) is 54.6 Å². The maximum atomic E-state index is 13.3. The van der Waals surface area contributed by atoms with Crippen LogP contribution in [0.15, 0.2) is 71.8 Å². The van der Waals surface area contributed by atoms with Crippen molar-refractivity contribution in [1.29, 1.82) is 0 Å². The first-order chi connectivity index (χ1) is 25.7. The fourth-order valence-corrected chi connectivity index (χ4v) is 7.46. The number of nitrogens with zero attached hydrogens (tertiary/aromatic N) is 3. The van der Waals surface area contributed by atoms with Crippen LogP contribution in [0, 0.1) is 0 Å². The highest BCUT2D eigenvalue weighted by molar-refractivity contribution is 6.39. The maximum Gasteiger partial charge on any atom is 0.262 e. The number of halogens is 2. The van der Waals surface area contributed by atoms with Crippen molar-refractivity contribution in [1.82, 2.24) is 35.6 Å². The van der Waals surface area contributed by atoms with Crippen molar-refractivity contribution in [2.75, 3.05) is 27.3 Å². The summed E-state index contributed by atoms with van der Waals surface area (Å²) in [6.07, 6.45) is 5.96. The van der Waals surface area contributed by atoms with Crippen LogP contribution in [0.25, 0.3) is 39.2 Å². The molecular weight excluding hydrogens is 717 g/mol. The molecule has 3 aromatic heterocycles. The first-order valence-electron chi connectivity index (χ1n) is 17.4. The zero-order valence-corrected chi connectivity index (χ0v) is 30.8. The van der Waals surface area contributed by atoms with E-state index in [9.17, 15) is 14.4 Å². The van der Waals surface area contributed by atoms with Gasteiger partial charge in [0.1, 0.15) is 11.4 Å². The summed E-state index contributed by atoms with van der Waals surface area (Å²) in [7, 11) is 3.16. The lowest BCUT2D eigenvalue weighted by Gasteiger charge is -2.17. The number of rotatable bonds is 13.